The lowest BCUT2D eigenvalue weighted by Crippen LogP contribution is -2.11. The van der Waals surface area contributed by atoms with Crippen LogP contribution in [0.15, 0.2) is 97.1 Å². The van der Waals surface area contributed by atoms with Crippen molar-refractivity contribution in [1.29, 1.82) is 0 Å². The zero-order valence-corrected chi connectivity index (χ0v) is 17.2. The molecule has 2 aliphatic rings. The van der Waals surface area contributed by atoms with Crippen molar-refractivity contribution in [2.75, 3.05) is 4.90 Å². The number of anilines is 3. The zero-order valence-electron chi connectivity index (χ0n) is 17.2. The monoisotopic (exact) mass is 389 g/mol. The van der Waals surface area contributed by atoms with E-state index in [9.17, 15) is 0 Å². The molecule has 3 unspecified atom stereocenters. The van der Waals surface area contributed by atoms with Gasteiger partial charge in [-0.05, 0) is 78.3 Å². The van der Waals surface area contributed by atoms with Crippen LogP contribution in [0, 0.1) is 11.8 Å². The van der Waals surface area contributed by atoms with Crippen molar-refractivity contribution in [1.82, 2.24) is 0 Å². The van der Waals surface area contributed by atoms with Crippen molar-refractivity contribution in [2.45, 2.75) is 31.6 Å². The van der Waals surface area contributed by atoms with E-state index >= 15 is 0 Å². The van der Waals surface area contributed by atoms with E-state index in [0.717, 1.165) is 17.8 Å². The molecule has 2 fully saturated rings. The normalized spacial score (nSPS) is 22.5. The van der Waals surface area contributed by atoms with Gasteiger partial charge in [0.05, 0.1) is 5.69 Å². The highest BCUT2D eigenvalue weighted by Gasteiger charge is 2.40. The fourth-order valence-corrected chi connectivity index (χ4v) is 5.93. The molecule has 30 heavy (non-hydrogen) atoms. The summed E-state index contributed by atoms with van der Waals surface area (Å²) in [6.45, 7) is 0. The molecule has 1 heteroatoms. The van der Waals surface area contributed by atoms with E-state index in [1.165, 1.54) is 59.1 Å². The standard InChI is InChI=1S/C29H27N/c1-2-9-25(10-3-1)30(29-12-6-8-22-7-4-5-11-27(22)29)26-17-15-23(16-18-26)28-20-21-13-14-24(28)19-21/h1-12,15-18,21,24,28H,13-14,19-20H2. The third-order valence-electron chi connectivity index (χ3n) is 7.34. The number of fused-ring (bicyclic) bond motifs is 3. The molecule has 0 N–H and O–H groups in total. The van der Waals surface area contributed by atoms with Crippen LogP contribution in [-0.4, -0.2) is 0 Å². The maximum absolute atomic E-state index is 2.40. The van der Waals surface area contributed by atoms with Gasteiger partial charge >= 0.3 is 0 Å². The highest BCUT2D eigenvalue weighted by molar-refractivity contribution is 5.98. The van der Waals surface area contributed by atoms with Gasteiger partial charge in [0.25, 0.3) is 0 Å². The van der Waals surface area contributed by atoms with Gasteiger partial charge in [-0.2, -0.15) is 0 Å². The van der Waals surface area contributed by atoms with E-state index < -0.39 is 0 Å². The molecule has 3 atom stereocenters. The summed E-state index contributed by atoms with van der Waals surface area (Å²) in [4.78, 5) is 2.40. The molecule has 0 radical (unpaired) electrons. The average Bonchev–Trinajstić information content (AvgIpc) is 3.45. The maximum atomic E-state index is 2.40. The Bertz CT molecular complexity index is 1160. The van der Waals surface area contributed by atoms with Crippen LogP contribution in [0.4, 0.5) is 17.1 Å². The Hall–Kier alpha value is -3.06. The lowest BCUT2D eigenvalue weighted by Gasteiger charge is -2.28. The van der Waals surface area contributed by atoms with Gasteiger partial charge < -0.3 is 4.90 Å². The van der Waals surface area contributed by atoms with Crippen LogP contribution >= 0.6 is 0 Å². The summed E-state index contributed by atoms with van der Waals surface area (Å²) in [5, 5.41) is 2.55. The molecule has 4 aromatic rings. The first-order valence-electron chi connectivity index (χ1n) is 11.3. The third kappa shape index (κ3) is 3.01. The van der Waals surface area contributed by atoms with Gasteiger partial charge in [0.1, 0.15) is 0 Å². The van der Waals surface area contributed by atoms with E-state index in [-0.39, 0.29) is 0 Å². The predicted molar refractivity (Wildman–Crippen MR) is 127 cm³/mol. The minimum Gasteiger partial charge on any atom is -0.310 e. The lowest BCUT2D eigenvalue weighted by molar-refractivity contribution is 0.420. The molecule has 0 aromatic heterocycles. The van der Waals surface area contributed by atoms with Crippen LogP contribution < -0.4 is 4.90 Å². The predicted octanol–water partition coefficient (Wildman–Crippen LogP) is 8.21. The molecule has 0 aliphatic heterocycles. The minimum absolute atomic E-state index is 0.778. The van der Waals surface area contributed by atoms with Crippen molar-refractivity contribution in [3.63, 3.8) is 0 Å². The third-order valence-corrected chi connectivity index (χ3v) is 7.34. The van der Waals surface area contributed by atoms with Gasteiger partial charge in [-0.1, -0.05) is 73.2 Å². The molecule has 1 nitrogen and oxygen atoms in total. The van der Waals surface area contributed by atoms with Gasteiger partial charge in [0.15, 0.2) is 0 Å². The minimum atomic E-state index is 0.778. The molecule has 4 aromatic carbocycles. The number of nitrogens with zero attached hydrogens (tertiary/aromatic N) is 1. The summed E-state index contributed by atoms with van der Waals surface area (Å²) in [5.41, 5.74) is 5.19. The summed E-state index contributed by atoms with van der Waals surface area (Å²) >= 11 is 0. The van der Waals surface area contributed by atoms with E-state index in [2.05, 4.69) is 102 Å². The van der Waals surface area contributed by atoms with Crippen molar-refractivity contribution >= 4 is 27.8 Å². The SMILES string of the molecule is c1ccc(N(c2ccc(C3CC4CCC3C4)cc2)c2cccc3ccccc23)cc1. The van der Waals surface area contributed by atoms with Gasteiger partial charge in [-0.3, -0.25) is 0 Å². The first-order chi connectivity index (χ1) is 14.9. The van der Waals surface area contributed by atoms with Gasteiger partial charge in [0.2, 0.25) is 0 Å². The number of rotatable bonds is 4. The molecular weight excluding hydrogens is 362 g/mol. The molecular formula is C29H27N. The molecule has 2 bridgehead atoms. The number of benzene rings is 4. The quantitative estimate of drug-likeness (QED) is 0.340. The molecule has 6 rings (SSSR count). The van der Waals surface area contributed by atoms with Crippen LogP contribution in [0.5, 0.6) is 0 Å². The first-order valence-corrected chi connectivity index (χ1v) is 11.3. The second-order valence-electron chi connectivity index (χ2n) is 9.04. The van der Waals surface area contributed by atoms with Crippen LogP contribution in [-0.2, 0) is 0 Å². The summed E-state index contributed by atoms with van der Waals surface area (Å²) in [5.74, 6) is 2.68. The first kappa shape index (κ1) is 17.8. The smallest absolute Gasteiger partial charge is 0.0540 e. The second kappa shape index (κ2) is 7.32. The van der Waals surface area contributed by atoms with E-state index in [1.807, 2.05) is 0 Å². The lowest BCUT2D eigenvalue weighted by atomic mass is 9.83. The Balaban J connectivity index is 1.44. The van der Waals surface area contributed by atoms with Crippen molar-refractivity contribution in [3.05, 3.63) is 103 Å². The van der Waals surface area contributed by atoms with Crippen LogP contribution in [0.25, 0.3) is 10.8 Å². The molecule has 0 spiro atoms. The Morgan fingerprint density at radius 2 is 1.33 bits per heavy atom. The average molecular weight is 390 g/mol. The van der Waals surface area contributed by atoms with Crippen LogP contribution in [0.3, 0.4) is 0 Å². The van der Waals surface area contributed by atoms with Crippen molar-refractivity contribution in [3.8, 4) is 0 Å². The highest BCUT2D eigenvalue weighted by atomic mass is 15.1. The molecule has 0 saturated heterocycles. The topological polar surface area (TPSA) is 3.24 Å². The molecule has 2 aliphatic carbocycles. The number of hydrogen-bond donors (Lipinski definition) is 0. The van der Waals surface area contributed by atoms with Gasteiger partial charge in [0, 0.05) is 16.8 Å². The fraction of sp³-hybridized carbons (Fsp3) is 0.241. The van der Waals surface area contributed by atoms with Gasteiger partial charge in [-0.25, -0.2) is 0 Å². The zero-order chi connectivity index (χ0) is 19.9. The van der Waals surface area contributed by atoms with E-state index in [4.69, 9.17) is 0 Å². The van der Waals surface area contributed by atoms with Gasteiger partial charge in [-0.15, -0.1) is 0 Å². The Morgan fingerprint density at radius 1 is 0.600 bits per heavy atom. The fourth-order valence-electron chi connectivity index (χ4n) is 5.93. The number of para-hydroxylation sites is 1. The van der Waals surface area contributed by atoms with Crippen LogP contribution in [0.1, 0.15) is 37.2 Å². The molecule has 2 saturated carbocycles. The largest absolute Gasteiger partial charge is 0.310 e. The molecule has 0 heterocycles. The van der Waals surface area contributed by atoms with Crippen molar-refractivity contribution in [2.24, 2.45) is 11.8 Å². The maximum Gasteiger partial charge on any atom is 0.0540 e. The van der Waals surface area contributed by atoms with E-state index in [1.54, 1.807) is 0 Å². The summed E-state index contributed by atoms with van der Waals surface area (Å²) in [6, 6.07) is 35.4. The molecule has 148 valence electrons. The highest BCUT2D eigenvalue weighted by Crippen LogP contribution is 2.53. The number of hydrogen-bond acceptors (Lipinski definition) is 1. The molecule has 0 amide bonds. The van der Waals surface area contributed by atoms with Crippen molar-refractivity contribution < 1.29 is 0 Å². The Kier molecular flexibility index (Phi) is 4.34. The van der Waals surface area contributed by atoms with E-state index in [0.29, 0.717) is 0 Å². The summed E-state index contributed by atoms with van der Waals surface area (Å²) in [7, 11) is 0. The van der Waals surface area contributed by atoms with Crippen LogP contribution in [0.2, 0.25) is 0 Å². The summed E-state index contributed by atoms with van der Waals surface area (Å²) < 4.78 is 0. The summed E-state index contributed by atoms with van der Waals surface area (Å²) in [6.07, 6.45) is 5.75. The Morgan fingerprint density at radius 3 is 2.10 bits per heavy atom. The Labute approximate surface area is 179 Å². The second-order valence-corrected chi connectivity index (χ2v) is 9.04.